The second kappa shape index (κ2) is 5.63. The Balaban J connectivity index is 2.66. The molecule has 0 aromatic carbocycles. The number of aliphatic carboxylic acids is 1. The molecule has 16 heavy (non-hydrogen) atoms. The number of nitrogens with zero attached hydrogens (tertiary/aromatic N) is 1. The zero-order chi connectivity index (χ0) is 12.2. The van der Waals surface area contributed by atoms with E-state index in [-0.39, 0.29) is 18.2 Å². The van der Waals surface area contributed by atoms with Gasteiger partial charge in [-0.05, 0) is 12.8 Å². The van der Waals surface area contributed by atoms with E-state index in [0.717, 1.165) is 25.7 Å². The molecule has 0 saturated heterocycles. The first-order chi connectivity index (χ1) is 7.47. The lowest BCUT2D eigenvalue weighted by molar-refractivity contribution is -0.136. The average Bonchev–Trinajstić information content (AvgIpc) is 2.69. The largest absolute Gasteiger partial charge is 0.481 e. The van der Waals surface area contributed by atoms with Crippen molar-refractivity contribution in [2.24, 2.45) is 0 Å². The molecular weight excluding hydrogens is 230 g/mol. The molecule has 5 nitrogen and oxygen atoms in total. The van der Waals surface area contributed by atoms with Crippen LogP contribution >= 0.6 is 0 Å². The van der Waals surface area contributed by atoms with Gasteiger partial charge in [-0.15, -0.1) is 0 Å². The zero-order valence-electron chi connectivity index (χ0n) is 9.55. The summed E-state index contributed by atoms with van der Waals surface area (Å²) in [5.41, 5.74) is 0. The highest BCUT2D eigenvalue weighted by Gasteiger charge is 2.30. The molecule has 0 atom stereocenters. The fraction of sp³-hybridized carbons (Fsp3) is 0.900. The summed E-state index contributed by atoms with van der Waals surface area (Å²) >= 11 is 0. The normalized spacial score (nSPS) is 18.1. The monoisotopic (exact) mass is 249 g/mol. The van der Waals surface area contributed by atoms with E-state index in [9.17, 15) is 13.2 Å². The molecule has 0 spiro atoms. The first-order valence-electron chi connectivity index (χ1n) is 5.68. The van der Waals surface area contributed by atoms with Crippen molar-refractivity contribution >= 4 is 16.0 Å². The minimum Gasteiger partial charge on any atom is -0.481 e. The van der Waals surface area contributed by atoms with Crippen molar-refractivity contribution in [3.05, 3.63) is 0 Å². The Kier molecular flexibility index (Phi) is 4.73. The molecule has 1 rings (SSSR count). The van der Waals surface area contributed by atoms with E-state index in [2.05, 4.69) is 0 Å². The Morgan fingerprint density at radius 2 is 1.94 bits per heavy atom. The maximum atomic E-state index is 11.9. The standard InChI is InChI=1S/C10H19NO4S/c1-2-11(9-5-3-4-6-9)16(14,15)8-7-10(12)13/h9H,2-8H2,1H3,(H,12,13). The van der Waals surface area contributed by atoms with Crippen molar-refractivity contribution in [2.75, 3.05) is 12.3 Å². The summed E-state index contributed by atoms with van der Waals surface area (Å²) in [4.78, 5) is 10.4. The van der Waals surface area contributed by atoms with E-state index in [1.165, 1.54) is 4.31 Å². The molecule has 1 saturated carbocycles. The fourth-order valence-corrected chi connectivity index (χ4v) is 3.93. The smallest absolute Gasteiger partial charge is 0.304 e. The van der Waals surface area contributed by atoms with E-state index >= 15 is 0 Å². The third kappa shape index (κ3) is 3.45. The summed E-state index contributed by atoms with van der Waals surface area (Å²) in [5, 5.41) is 8.51. The first-order valence-corrected chi connectivity index (χ1v) is 7.29. The molecule has 0 unspecified atom stereocenters. The number of hydrogen-bond donors (Lipinski definition) is 1. The molecule has 0 aliphatic heterocycles. The van der Waals surface area contributed by atoms with Crippen LogP contribution in [0.1, 0.15) is 39.0 Å². The number of carboxylic acid groups (broad SMARTS) is 1. The zero-order valence-corrected chi connectivity index (χ0v) is 10.4. The molecule has 1 aliphatic carbocycles. The van der Waals surface area contributed by atoms with Crippen molar-refractivity contribution in [1.29, 1.82) is 0 Å². The topological polar surface area (TPSA) is 74.7 Å². The number of sulfonamides is 1. The van der Waals surface area contributed by atoms with Crippen LogP contribution in [0, 0.1) is 0 Å². The highest BCUT2D eigenvalue weighted by Crippen LogP contribution is 2.25. The molecule has 0 aromatic rings. The summed E-state index contributed by atoms with van der Waals surface area (Å²) in [6.45, 7) is 2.24. The van der Waals surface area contributed by atoms with E-state index in [1.807, 2.05) is 0 Å². The van der Waals surface area contributed by atoms with Crippen LogP contribution < -0.4 is 0 Å². The van der Waals surface area contributed by atoms with Gasteiger partial charge in [0.05, 0.1) is 12.2 Å². The third-order valence-corrected chi connectivity index (χ3v) is 4.97. The second-order valence-electron chi connectivity index (χ2n) is 4.10. The quantitative estimate of drug-likeness (QED) is 0.763. The maximum absolute atomic E-state index is 11.9. The van der Waals surface area contributed by atoms with Crippen molar-refractivity contribution in [3.8, 4) is 0 Å². The Bertz CT molecular complexity index is 333. The number of hydrogen-bond acceptors (Lipinski definition) is 3. The van der Waals surface area contributed by atoms with Crippen molar-refractivity contribution in [2.45, 2.75) is 45.1 Å². The van der Waals surface area contributed by atoms with Gasteiger partial charge in [0.2, 0.25) is 10.0 Å². The van der Waals surface area contributed by atoms with Crippen LogP contribution in [0.15, 0.2) is 0 Å². The minimum atomic E-state index is -3.40. The molecule has 1 aliphatic rings. The first kappa shape index (κ1) is 13.4. The molecule has 0 bridgehead atoms. The summed E-state index contributed by atoms with van der Waals surface area (Å²) < 4.78 is 25.3. The minimum absolute atomic E-state index is 0.0868. The van der Waals surface area contributed by atoms with Crippen LogP contribution in [0.25, 0.3) is 0 Å². The molecule has 0 amide bonds. The predicted octanol–water partition coefficient (Wildman–Crippen LogP) is 1.06. The Morgan fingerprint density at radius 3 is 2.38 bits per heavy atom. The van der Waals surface area contributed by atoms with Gasteiger partial charge in [0, 0.05) is 12.6 Å². The van der Waals surface area contributed by atoms with Gasteiger partial charge < -0.3 is 5.11 Å². The highest BCUT2D eigenvalue weighted by molar-refractivity contribution is 7.89. The van der Waals surface area contributed by atoms with Crippen LogP contribution in [0.2, 0.25) is 0 Å². The lowest BCUT2D eigenvalue weighted by Gasteiger charge is -2.26. The Hall–Kier alpha value is -0.620. The molecule has 0 radical (unpaired) electrons. The Morgan fingerprint density at radius 1 is 1.38 bits per heavy atom. The number of rotatable bonds is 6. The third-order valence-electron chi connectivity index (χ3n) is 2.97. The lowest BCUT2D eigenvalue weighted by atomic mass is 10.2. The van der Waals surface area contributed by atoms with Gasteiger partial charge in [-0.25, -0.2) is 8.42 Å². The fourth-order valence-electron chi connectivity index (χ4n) is 2.21. The molecule has 6 heteroatoms. The molecule has 94 valence electrons. The van der Waals surface area contributed by atoms with E-state index in [4.69, 9.17) is 5.11 Å². The predicted molar refractivity (Wildman–Crippen MR) is 60.7 cm³/mol. The van der Waals surface area contributed by atoms with E-state index in [0.29, 0.717) is 6.54 Å². The van der Waals surface area contributed by atoms with E-state index in [1.54, 1.807) is 6.92 Å². The molecule has 1 fully saturated rings. The van der Waals surface area contributed by atoms with Crippen LogP contribution in [0.3, 0.4) is 0 Å². The van der Waals surface area contributed by atoms with E-state index < -0.39 is 16.0 Å². The molecule has 1 N–H and O–H groups in total. The maximum Gasteiger partial charge on any atom is 0.304 e. The van der Waals surface area contributed by atoms with Gasteiger partial charge in [-0.1, -0.05) is 19.8 Å². The number of carboxylic acids is 1. The van der Waals surface area contributed by atoms with Crippen LogP contribution in [-0.4, -0.2) is 42.1 Å². The summed E-state index contributed by atoms with van der Waals surface area (Å²) in [5.74, 6) is -1.35. The van der Waals surface area contributed by atoms with Crippen LogP contribution in [0.4, 0.5) is 0 Å². The summed E-state index contributed by atoms with van der Waals surface area (Å²) in [6.07, 6.45) is 3.62. The highest BCUT2D eigenvalue weighted by atomic mass is 32.2. The van der Waals surface area contributed by atoms with Crippen molar-refractivity contribution in [3.63, 3.8) is 0 Å². The average molecular weight is 249 g/mol. The second-order valence-corrected chi connectivity index (χ2v) is 6.14. The lowest BCUT2D eigenvalue weighted by Crippen LogP contribution is -2.40. The van der Waals surface area contributed by atoms with Crippen LogP contribution in [0.5, 0.6) is 0 Å². The molecule has 0 aromatic heterocycles. The summed E-state index contributed by atoms with van der Waals surface area (Å²) in [7, 11) is -3.40. The van der Waals surface area contributed by atoms with Crippen molar-refractivity contribution < 1.29 is 18.3 Å². The molecular formula is C10H19NO4S. The SMILES string of the molecule is CCN(C1CCCC1)S(=O)(=O)CCC(=O)O. The van der Waals surface area contributed by atoms with Gasteiger partial charge in [-0.2, -0.15) is 4.31 Å². The van der Waals surface area contributed by atoms with Gasteiger partial charge >= 0.3 is 5.97 Å². The number of carbonyl (C=O) groups is 1. The van der Waals surface area contributed by atoms with Gasteiger partial charge in [0.25, 0.3) is 0 Å². The van der Waals surface area contributed by atoms with Crippen molar-refractivity contribution in [1.82, 2.24) is 4.31 Å². The van der Waals surface area contributed by atoms with Gasteiger partial charge in [0.15, 0.2) is 0 Å². The van der Waals surface area contributed by atoms with Crippen LogP contribution in [-0.2, 0) is 14.8 Å². The Labute approximate surface area is 96.5 Å². The molecule has 0 heterocycles. The van der Waals surface area contributed by atoms with Gasteiger partial charge in [0.1, 0.15) is 0 Å². The van der Waals surface area contributed by atoms with Gasteiger partial charge in [-0.3, -0.25) is 4.79 Å². The summed E-state index contributed by atoms with van der Waals surface area (Å²) in [6, 6.07) is 0.0868.